The molecule has 2 aliphatic heterocycles. The first-order valence-electron chi connectivity index (χ1n) is 9.46. The Labute approximate surface area is 140 Å². The molecule has 4 aliphatic rings. The van der Waals surface area contributed by atoms with Crippen molar-refractivity contribution in [3.05, 3.63) is 0 Å². The van der Waals surface area contributed by atoms with Crippen molar-refractivity contribution in [3.8, 4) is 0 Å². The van der Waals surface area contributed by atoms with Gasteiger partial charge in [-0.25, -0.2) is 0 Å². The Kier molecular flexibility index (Phi) is 3.26. The van der Waals surface area contributed by atoms with Gasteiger partial charge in [-0.05, 0) is 45.4 Å². The predicted octanol–water partition coefficient (Wildman–Crippen LogP) is 2.61. The van der Waals surface area contributed by atoms with E-state index in [4.69, 9.17) is 9.47 Å². The lowest BCUT2D eigenvalue weighted by Crippen LogP contribution is -2.59. The molecule has 0 aromatic carbocycles. The van der Waals surface area contributed by atoms with Crippen molar-refractivity contribution in [3.63, 3.8) is 0 Å². The van der Waals surface area contributed by atoms with Crippen molar-refractivity contribution in [2.75, 3.05) is 27.2 Å². The Morgan fingerprint density at radius 2 is 1.96 bits per heavy atom. The average Bonchev–Trinajstić information content (AvgIpc) is 3.11. The van der Waals surface area contributed by atoms with Gasteiger partial charge in [0.15, 0.2) is 0 Å². The van der Waals surface area contributed by atoms with Crippen LogP contribution < -0.4 is 0 Å². The second kappa shape index (κ2) is 4.72. The van der Waals surface area contributed by atoms with Gasteiger partial charge in [0.2, 0.25) is 0 Å². The van der Waals surface area contributed by atoms with Gasteiger partial charge in [-0.15, -0.1) is 0 Å². The van der Waals surface area contributed by atoms with E-state index >= 15 is 0 Å². The summed E-state index contributed by atoms with van der Waals surface area (Å²) in [4.78, 5) is 12.9. The molecule has 2 aliphatic carbocycles. The quantitative estimate of drug-likeness (QED) is 0.455. The van der Waals surface area contributed by atoms with Gasteiger partial charge in [0.25, 0.3) is 0 Å². The van der Waals surface area contributed by atoms with E-state index in [0.717, 1.165) is 36.8 Å². The first-order valence-corrected chi connectivity index (χ1v) is 9.46. The highest BCUT2D eigenvalue weighted by molar-refractivity contribution is 5.77. The van der Waals surface area contributed by atoms with Crippen LogP contribution in [-0.2, 0) is 14.3 Å². The third-order valence-corrected chi connectivity index (χ3v) is 7.64. The summed E-state index contributed by atoms with van der Waals surface area (Å²) in [7, 11) is 4.44. The van der Waals surface area contributed by atoms with E-state index in [9.17, 15) is 4.79 Å². The van der Waals surface area contributed by atoms with Crippen LogP contribution in [0, 0.1) is 23.7 Å². The molecule has 2 saturated carbocycles. The zero-order valence-corrected chi connectivity index (χ0v) is 15.3. The highest BCUT2D eigenvalue weighted by Gasteiger charge is 2.77. The summed E-state index contributed by atoms with van der Waals surface area (Å²) in [5, 5.41) is 0. The zero-order chi connectivity index (χ0) is 16.6. The lowest BCUT2D eigenvalue weighted by molar-refractivity contribution is -0.891. The first-order chi connectivity index (χ1) is 10.7. The molecule has 130 valence electrons. The van der Waals surface area contributed by atoms with Crippen LogP contribution in [0.1, 0.15) is 46.5 Å². The van der Waals surface area contributed by atoms with Crippen LogP contribution in [0.25, 0.3) is 0 Å². The molecular weight excluding hydrogens is 290 g/mol. The Balaban J connectivity index is 1.70. The van der Waals surface area contributed by atoms with Gasteiger partial charge in [-0.1, -0.05) is 6.92 Å². The molecular formula is C19H32NO3+. The average molecular weight is 322 g/mol. The van der Waals surface area contributed by atoms with Crippen molar-refractivity contribution in [1.29, 1.82) is 0 Å². The topological polar surface area (TPSA) is 38.8 Å². The van der Waals surface area contributed by atoms with Crippen LogP contribution in [0.4, 0.5) is 0 Å². The Bertz CT molecular complexity index is 533. The second-order valence-electron chi connectivity index (χ2n) is 9.43. The molecule has 2 heterocycles. The summed E-state index contributed by atoms with van der Waals surface area (Å²) in [6.45, 7) is 8.70. The summed E-state index contributed by atoms with van der Waals surface area (Å²) in [6.07, 6.45) is 4.77. The Morgan fingerprint density at radius 1 is 1.22 bits per heavy atom. The van der Waals surface area contributed by atoms with Crippen LogP contribution in [0.5, 0.6) is 0 Å². The number of rotatable bonds is 3. The highest BCUT2D eigenvalue weighted by Crippen LogP contribution is 2.66. The molecule has 0 N–H and O–H groups in total. The molecule has 4 rings (SSSR count). The van der Waals surface area contributed by atoms with Crippen molar-refractivity contribution in [1.82, 2.24) is 0 Å². The summed E-state index contributed by atoms with van der Waals surface area (Å²) >= 11 is 0. The Hall–Kier alpha value is -0.610. The van der Waals surface area contributed by atoms with E-state index in [2.05, 4.69) is 34.9 Å². The van der Waals surface area contributed by atoms with Gasteiger partial charge in [-0.2, -0.15) is 0 Å². The fraction of sp³-hybridized carbons (Fsp3) is 0.947. The first kappa shape index (κ1) is 15.9. The standard InChI is InChI=1S/C19H32NO3/c1-6-20(4,5)11-13-15-8-7-12(2)14-9-10-18(3)17(23-18)19(14,15)22-16(13)21/h12-15,17H,6-11H2,1-5H3/q+1/t12-,13+,14+,15-,17-,18-,19-/m1/s1. The number of esters is 1. The monoisotopic (exact) mass is 322 g/mol. The number of fused-ring (bicyclic) bond motifs is 1. The molecule has 2 saturated heterocycles. The third-order valence-electron chi connectivity index (χ3n) is 7.64. The number of ether oxygens (including phenoxy) is 2. The molecule has 23 heavy (non-hydrogen) atoms. The SMILES string of the molecule is CC[N+](C)(C)C[C@@H]1C(=O)O[C@@]23[C@@H]1CC[C@@H](C)[C@@H]2CC[C@@]1(C)O[C@@H]31. The minimum Gasteiger partial charge on any atom is -0.455 e. The maximum absolute atomic E-state index is 12.9. The van der Waals surface area contributed by atoms with E-state index in [1.54, 1.807) is 0 Å². The van der Waals surface area contributed by atoms with Crippen molar-refractivity contribution in [2.45, 2.75) is 63.8 Å². The number of quaternary nitrogens is 1. The maximum atomic E-state index is 12.9. The molecule has 0 amide bonds. The molecule has 0 aromatic rings. The van der Waals surface area contributed by atoms with E-state index in [1.165, 1.54) is 6.42 Å². The highest BCUT2D eigenvalue weighted by atomic mass is 16.7. The van der Waals surface area contributed by atoms with E-state index in [1.807, 2.05) is 0 Å². The summed E-state index contributed by atoms with van der Waals surface area (Å²) < 4.78 is 13.3. The zero-order valence-electron chi connectivity index (χ0n) is 15.3. The number of carbonyl (C=O) groups excluding carboxylic acids is 1. The molecule has 4 fully saturated rings. The summed E-state index contributed by atoms with van der Waals surface area (Å²) in [5.74, 6) is 1.58. The van der Waals surface area contributed by atoms with Gasteiger partial charge in [0.05, 0.1) is 32.8 Å². The molecule has 4 nitrogen and oxygen atoms in total. The predicted molar refractivity (Wildman–Crippen MR) is 87.7 cm³/mol. The third kappa shape index (κ3) is 2.07. The van der Waals surface area contributed by atoms with E-state index in [0.29, 0.717) is 17.8 Å². The van der Waals surface area contributed by atoms with Crippen molar-refractivity contribution >= 4 is 5.97 Å². The van der Waals surface area contributed by atoms with E-state index < -0.39 is 0 Å². The number of hydrogen-bond donors (Lipinski definition) is 0. The maximum Gasteiger partial charge on any atom is 0.315 e. The molecule has 7 atom stereocenters. The summed E-state index contributed by atoms with van der Waals surface area (Å²) in [5.41, 5.74) is -0.351. The van der Waals surface area contributed by atoms with Gasteiger partial charge in [0.1, 0.15) is 17.6 Å². The minimum absolute atomic E-state index is 0.0316. The fourth-order valence-corrected chi connectivity index (χ4v) is 5.92. The van der Waals surface area contributed by atoms with Crippen molar-refractivity contribution in [2.24, 2.45) is 23.7 Å². The van der Waals surface area contributed by atoms with Gasteiger partial charge in [-0.3, -0.25) is 4.79 Å². The number of epoxide rings is 1. The minimum atomic E-state index is -0.319. The van der Waals surface area contributed by atoms with Gasteiger partial charge < -0.3 is 14.0 Å². The smallest absolute Gasteiger partial charge is 0.315 e. The van der Waals surface area contributed by atoms with Crippen LogP contribution in [0.15, 0.2) is 0 Å². The number of nitrogens with zero attached hydrogens (tertiary/aromatic N) is 1. The van der Waals surface area contributed by atoms with Crippen LogP contribution in [0.2, 0.25) is 0 Å². The van der Waals surface area contributed by atoms with Gasteiger partial charge >= 0.3 is 5.97 Å². The van der Waals surface area contributed by atoms with Crippen LogP contribution in [0.3, 0.4) is 0 Å². The number of hydrogen-bond acceptors (Lipinski definition) is 3. The van der Waals surface area contributed by atoms with Gasteiger partial charge in [0, 0.05) is 11.8 Å². The second-order valence-corrected chi connectivity index (χ2v) is 9.43. The van der Waals surface area contributed by atoms with Crippen molar-refractivity contribution < 1.29 is 18.8 Å². The Morgan fingerprint density at radius 3 is 2.65 bits per heavy atom. The molecule has 0 unspecified atom stereocenters. The molecule has 0 radical (unpaired) electrons. The summed E-state index contributed by atoms with van der Waals surface area (Å²) in [6, 6.07) is 0. The van der Waals surface area contributed by atoms with Crippen LogP contribution >= 0.6 is 0 Å². The largest absolute Gasteiger partial charge is 0.455 e. The normalized spacial score (nSPS) is 51.5. The molecule has 1 spiro atoms. The van der Waals surface area contributed by atoms with E-state index in [-0.39, 0.29) is 29.2 Å². The molecule has 4 heteroatoms. The lowest BCUT2D eigenvalue weighted by Gasteiger charge is -2.50. The fourth-order valence-electron chi connectivity index (χ4n) is 5.92. The van der Waals surface area contributed by atoms with Crippen LogP contribution in [-0.4, -0.2) is 54.9 Å². The molecule has 0 bridgehead atoms. The number of carbonyl (C=O) groups is 1. The lowest BCUT2D eigenvalue weighted by atomic mass is 9.55. The molecule has 0 aromatic heterocycles.